The van der Waals surface area contributed by atoms with Gasteiger partial charge in [0.2, 0.25) is 0 Å². The Balaban J connectivity index is 0.905. The van der Waals surface area contributed by atoms with E-state index in [-0.39, 0.29) is 0 Å². The monoisotopic (exact) mass is 809 g/mol. The quantitative estimate of drug-likeness (QED) is 0.168. The van der Waals surface area contributed by atoms with Crippen molar-refractivity contribution in [3.8, 4) is 33.4 Å². The number of nitrogens with zero attached hydrogens (tertiary/aromatic N) is 1. The first-order chi connectivity index (χ1) is 30.7. The summed E-state index contributed by atoms with van der Waals surface area (Å²) in [5.41, 5.74) is 13.8. The second-order valence-corrected chi connectivity index (χ2v) is 17.1. The number of thiophene rings is 1. The zero-order chi connectivity index (χ0) is 40.7. The molecule has 0 spiro atoms. The maximum Gasteiger partial charge on any atom is 0.143 e. The predicted octanol–water partition coefficient (Wildman–Crippen LogP) is 17.5. The van der Waals surface area contributed by atoms with Crippen molar-refractivity contribution in [2.24, 2.45) is 0 Å². The van der Waals surface area contributed by atoms with E-state index in [1.807, 2.05) is 23.5 Å². The molecule has 0 bridgehead atoms. The number of hydrogen-bond donors (Lipinski definition) is 0. The SMILES string of the molecule is c1ccc2c(c1)ccc1c2oc2cccc(-c3ccc(N(c4ccc(-c5ccc6c(c5)oc5ccccc56)cc4)c4ccc(-c5cccc6c5sc5ccccc56)cc4)cc3)c21. The van der Waals surface area contributed by atoms with Crippen LogP contribution in [0.25, 0.3) is 108 Å². The molecule has 0 saturated heterocycles. The van der Waals surface area contributed by atoms with Gasteiger partial charge in [-0.2, -0.15) is 0 Å². The third-order valence-electron chi connectivity index (χ3n) is 12.5. The highest BCUT2D eigenvalue weighted by molar-refractivity contribution is 7.26. The van der Waals surface area contributed by atoms with Crippen LogP contribution >= 0.6 is 11.3 Å². The van der Waals surface area contributed by atoms with Crippen LogP contribution < -0.4 is 4.90 Å². The summed E-state index contributed by atoms with van der Waals surface area (Å²) in [5, 5.41) is 9.47. The molecule has 3 nitrogen and oxygen atoms in total. The molecular formula is C58H35NO2S. The van der Waals surface area contributed by atoms with Crippen molar-refractivity contribution in [2.75, 3.05) is 4.90 Å². The Bertz CT molecular complexity index is 3850. The summed E-state index contributed by atoms with van der Waals surface area (Å²) in [4.78, 5) is 2.35. The van der Waals surface area contributed by atoms with E-state index in [0.29, 0.717) is 0 Å². The second-order valence-electron chi connectivity index (χ2n) is 16.0. The minimum Gasteiger partial charge on any atom is -0.456 e. The van der Waals surface area contributed by atoms with Crippen LogP contribution in [0.2, 0.25) is 0 Å². The Morgan fingerprint density at radius 1 is 0.339 bits per heavy atom. The lowest BCUT2D eigenvalue weighted by Crippen LogP contribution is -2.09. The van der Waals surface area contributed by atoms with Crippen LogP contribution in [0.3, 0.4) is 0 Å². The largest absolute Gasteiger partial charge is 0.456 e. The molecule has 10 aromatic carbocycles. The number of para-hydroxylation sites is 1. The summed E-state index contributed by atoms with van der Waals surface area (Å²) >= 11 is 1.87. The molecule has 0 aliphatic carbocycles. The lowest BCUT2D eigenvalue weighted by molar-refractivity contribution is 0.669. The van der Waals surface area contributed by atoms with Gasteiger partial charge in [0.25, 0.3) is 0 Å². The van der Waals surface area contributed by atoms with Gasteiger partial charge in [-0.15, -0.1) is 11.3 Å². The molecule has 0 N–H and O–H groups in total. The summed E-state index contributed by atoms with van der Waals surface area (Å²) in [6.07, 6.45) is 0. The highest BCUT2D eigenvalue weighted by Gasteiger charge is 2.18. The molecule has 0 unspecified atom stereocenters. The summed E-state index contributed by atoms with van der Waals surface area (Å²) < 4.78 is 15.4. The third-order valence-corrected chi connectivity index (χ3v) is 13.7. The lowest BCUT2D eigenvalue weighted by atomic mass is 9.97. The van der Waals surface area contributed by atoms with Crippen molar-refractivity contribution in [2.45, 2.75) is 0 Å². The van der Waals surface area contributed by atoms with Crippen LogP contribution in [0, 0.1) is 0 Å². The van der Waals surface area contributed by atoms with Gasteiger partial charge in [-0.3, -0.25) is 0 Å². The smallest absolute Gasteiger partial charge is 0.143 e. The van der Waals surface area contributed by atoms with E-state index < -0.39 is 0 Å². The molecule has 13 aromatic rings. The minimum absolute atomic E-state index is 0.894. The van der Waals surface area contributed by atoms with Crippen LogP contribution in [0.1, 0.15) is 0 Å². The van der Waals surface area contributed by atoms with Gasteiger partial charge in [0.05, 0.1) is 0 Å². The molecule has 4 heteroatoms. The summed E-state index contributed by atoms with van der Waals surface area (Å²) in [6.45, 7) is 0. The van der Waals surface area contributed by atoms with Crippen molar-refractivity contribution < 1.29 is 8.83 Å². The van der Waals surface area contributed by atoms with E-state index in [1.165, 1.54) is 36.7 Å². The molecule has 0 aliphatic heterocycles. The predicted molar refractivity (Wildman–Crippen MR) is 262 cm³/mol. The maximum absolute atomic E-state index is 6.55. The van der Waals surface area contributed by atoms with E-state index in [4.69, 9.17) is 8.83 Å². The van der Waals surface area contributed by atoms with Gasteiger partial charge in [-0.05, 0) is 112 Å². The fraction of sp³-hybridized carbons (Fsp3) is 0. The number of benzene rings is 10. The van der Waals surface area contributed by atoms with Crippen LogP contribution in [0.4, 0.5) is 17.1 Å². The average molecular weight is 810 g/mol. The minimum atomic E-state index is 0.894. The summed E-state index contributed by atoms with van der Waals surface area (Å²) in [7, 11) is 0. The average Bonchev–Trinajstić information content (AvgIpc) is 4.04. The zero-order valence-electron chi connectivity index (χ0n) is 33.4. The Kier molecular flexibility index (Phi) is 7.78. The van der Waals surface area contributed by atoms with Gasteiger partial charge in [0, 0.05) is 64.2 Å². The van der Waals surface area contributed by atoms with Gasteiger partial charge >= 0.3 is 0 Å². The molecular weight excluding hydrogens is 775 g/mol. The zero-order valence-corrected chi connectivity index (χ0v) is 34.2. The van der Waals surface area contributed by atoms with Gasteiger partial charge in [-0.1, -0.05) is 140 Å². The Morgan fingerprint density at radius 2 is 0.903 bits per heavy atom. The maximum atomic E-state index is 6.55. The highest BCUT2D eigenvalue weighted by Crippen LogP contribution is 2.44. The number of rotatable bonds is 6. The molecule has 0 fully saturated rings. The molecule has 0 amide bonds. The van der Waals surface area contributed by atoms with Crippen LogP contribution in [0.5, 0.6) is 0 Å². The molecule has 0 aliphatic rings. The first kappa shape index (κ1) is 34.9. The molecule has 3 aromatic heterocycles. The summed E-state index contributed by atoms with van der Waals surface area (Å²) in [5.74, 6) is 0. The van der Waals surface area contributed by atoms with Crippen molar-refractivity contribution in [3.63, 3.8) is 0 Å². The van der Waals surface area contributed by atoms with Crippen molar-refractivity contribution >= 4 is 103 Å². The van der Waals surface area contributed by atoms with Crippen molar-refractivity contribution in [1.29, 1.82) is 0 Å². The normalized spacial score (nSPS) is 11.9. The second kappa shape index (κ2) is 13.8. The Labute approximate surface area is 360 Å². The van der Waals surface area contributed by atoms with E-state index in [0.717, 1.165) is 88.6 Å². The number of furan rings is 2. The molecule has 0 radical (unpaired) electrons. The number of anilines is 3. The molecule has 13 rings (SSSR count). The van der Waals surface area contributed by atoms with Gasteiger partial charge < -0.3 is 13.7 Å². The molecule has 62 heavy (non-hydrogen) atoms. The third kappa shape index (κ3) is 5.51. The standard InChI is InChI=1S/C58H35NO2S/c1-2-10-45-37(9-1)25-34-51-56-44(13-8-17-53(56)61-57(45)51)38-21-29-42(30-22-38)59(41-27-19-36(20-28-41)40-26-33-48-47-11-3-5-16-52(47)60-54(48)35-40)43-31-23-39(24-32-43)46-14-7-15-50-49-12-4-6-18-55(49)62-58(46)50/h1-35H. The van der Waals surface area contributed by atoms with Gasteiger partial charge in [-0.25, -0.2) is 0 Å². The molecule has 0 saturated carbocycles. The van der Waals surface area contributed by atoms with Gasteiger partial charge in [0.15, 0.2) is 0 Å². The topological polar surface area (TPSA) is 29.5 Å². The number of hydrogen-bond acceptors (Lipinski definition) is 4. The van der Waals surface area contributed by atoms with Crippen molar-refractivity contribution in [1.82, 2.24) is 0 Å². The van der Waals surface area contributed by atoms with Crippen molar-refractivity contribution in [3.05, 3.63) is 212 Å². The highest BCUT2D eigenvalue weighted by atomic mass is 32.1. The van der Waals surface area contributed by atoms with E-state index in [1.54, 1.807) is 0 Å². The first-order valence-electron chi connectivity index (χ1n) is 21.0. The van der Waals surface area contributed by atoms with Crippen LogP contribution in [-0.2, 0) is 0 Å². The van der Waals surface area contributed by atoms with E-state index >= 15 is 0 Å². The van der Waals surface area contributed by atoms with Gasteiger partial charge in [0.1, 0.15) is 22.3 Å². The van der Waals surface area contributed by atoms with E-state index in [2.05, 4.69) is 205 Å². The lowest BCUT2D eigenvalue weighted by Gasteiger charge is -2.26. The molecule has 0 atom stereocenters. The number of fused-ring (bicyclic) bond motifs is 11. The fourth-order valence-electron chi connectivity index (χ4n) is 9.50. The van der Waals surface area contributed by atoms with E-state index in [9.17, 15) is 0 Å². The van der Waals surface area contributed by atoms with Crippen LogP contribution in [0.15, 0.2) is 221 Å². The summed E-state index contributed by atoms with van der Waals surface area (Å²) in [6, 6.07) is 76.2. The molecule has 3 heterocycles. The molecule has 290 valence electrons. The van der Waals surface area contributed by atoms with Crippen LogP contribution in [-0.4, -0.2) is 0 Å². The Hall–Kier alpha value is -7.92. The first-order valence-corrected chi connectivity index (χ1v) is 21.8. The fourth-order valence-corrected chi connectivity index (χ4v) is 10.7. The Morgan fingerprint density at radius 3 is 1.69 bits per heavy atom.